The molecule has 0 saturated heterocycles. The molecule has 3 heterocycles. The average molecular weight is 560 g/mol. The van der Waals surface area contributed by atoms with Gasteiger partial charge in [0, 0.05) is 61.5 Å². The predicted molar refractivity (Wildman–Crippen MR) is 172 cm³/mol. The maximum absolute atomic E-state index is 13.5. The smallest absolute Gasteiger partial charge is 0.298 e. The Hall–Kier alpha value is -4.91. The van der Waals surface area contributed by atoms with Crippen LogP contribution in [0.4, 0.5) is 17.2 Å². The molecule has 214 valence electrons. The number of carbonyl (C=O) groups is 2. The maximum atomic E-state index is 13.5. The lowest BCUT2D eigenvalue weighted by atomic mass is 10.0. The van der Waals surface area contributed by atoms with Gasteiger partial charge in [-0.2, -0.15) is 0 Å². The molecular formula is C35H37N5O2. The minimum atomic E-state index is -0.670. The summed E-state index contributed by atoms with van der Waals surface area (Å²) in [5, 5.41) is 2.80. The summed E-state index contributed by atoms with van der Waals surface area (Å²) in [7, 11) is 4.12. The van der Waals surface area contributed by atoms with E-state index in [1.165, 1.54) is 5.56 Å². The molecule has 0 fully saturated rings. The first kappa shape index (κ1) is 28.6. The van der Waals surface area contributed by atoms with Crippen molar-refractivity contribution >= 4 is 34.4 Å². The summed E-state index contributed by atoms with van der Waals surface area (Å²) in [5.74, 6) is -0.262. The van der Waals surface area contributed by atoms with Gasteiger partial charge in [0.05, 0.1) is 0 Å². The third kappa shape index (κ3) is 6.36. The predicted octanol–water partition coefficient (Wildman–Crippen LogP) is 6.71. The second-order valence-electron chi connectivity index (χ2n) is 10.9. The van der Waals surface area contributed by atoms with Crippen LogP contribution in [0.25, 0.3) is 16.6 Å². The minimum Gasteiger partial charge on any atom is -0.375 e. The number of aryl methyl sites for hydroxylation is 3. The van der Waals surface area contributed by atoms with E-state index in [2.05, 4.69) is 53.3 Å². The van der Waals surface area contributed by atoms with Crippen LogP contribution in [0.1, 0.15) is 33.7 Å². The number of hydrogen-bond donors (Lipinski definition) is 1. The summed E-state index contributed by atoms with van der Waals surface area (Å²) in [6.45, 7) is 7.86. The van der Waals surface area contributed by atoms with E-state index in [0.29, 0.717) is 11.4 Å². The highest BCUT2D eigenvalue weighted by molar-refractivity contribution is 6.47. The largest absolute Gasteiger partial charge is 0.375 e. The zero-order chi connectivity index (χ0) is 29.8. The van der Waals surface area contributed by atoms with E-state index in [0.717, 1.165) is 58.9 Å². The number of Topliss-reactive ketones (excluding diaryl/α,β-unsaturated/α-hetero) is 1. The SMILES string of the molecule is Cc1cc(C)nc(N(C)CCCN(C)c2ccc(NC(=O)C(=O)c3c(-c4ccccc4)cc4cc(C)ccn34)cc2)c1. The Morgan fingerprint density at radius 2 is 1.52 bits per heavy atom. The number of fused-ring (bicyclic) bond motifs is 1. The van der Waals surface area contributed by atoms with Crippen LogP contribution in [0, 0.1) is 20.8 Å². The topological polar surface area (TPSA) is 70.0 Å². The number of aromatic nitrogens is 2. The molecule has 42 heavy (non-hydrogen) atoms. The highest BCUT2D eigenvalue weighted by Crippen LogP contribution is 2.29. The lowest BCUT2D eigenvalue weighted by Gasteiger charge is -2.23. The maximum Gasteiger partial charge on any atom is 0.298 e. The molecule has 0 bridgehead atoms. The zero-order valence-corrected chi connectivity index (χ0v) is 24.9. The number of amides is 1. The summed E-state index contributed by atoms with van der Waals surface area (Å²) in [5.41, 5.74) is 7.77. The van der Waals surface area contributed by atoms with Gasteiger partial charge in [-0.05, 0) is 98.5 Å². The first-order valence-corrected chi connectivity index (χ1v) is 14.2. The summed E-state index contributed by atoms with van der Waals surface area (Å²) in [6, 6.07) is 27.4. The average Bonchev–Trinajstić information content (AvgIpc) is 3.35. The van der Waals surface area contributed by atoms with Crippen molar-refractivity contribution in [2.75, 3.05) is 42.3 Å². The van der Waals surface area contributed by atoms with Crippen molar-refractivity contribution in [3.8, 4) is 11.1 Å². The summed E-state index contributed by atoms with van der Waals surface area (Å²) >= 11 is 0. The van der Waals surface area contributed by atoms with Gasteiger partial charge in [-0.25, -0.2) is 4.98 Å². The van der Waals surface area contributed by atoms with Crippen molar-refractivity contribution in [3.63, 3.8) is 0 Å². The molecule has 0 saturated carbocycles. The highest BCUT2D eigenvalue weighted by Gasteiger charge is 2.25. The molecule has 0 unspecified atom stereocenters. The summed E-state index contributed by atoms with van der Waals surface area (Å²) in [4.78, 5) is 35.7. The number of nitrogens with zero attached hydrogens (tertiary/aromatic N) is 4. The fourth-order valence-corrected chi connectivity index (χ4v) is 5.26. The molecule has 0 aliphatic rings. The Balaban J connectivity index is 1.23. The molecule has 0 aliphatic carbocycles. The fraction of sp³-hybridized carbons (Fsp3) is 0.229. The van der Waals surface area contributed by atoms with Gasteiger partial charge < -0.3 is 19.5 Å². The van der Waals surface area contributed by atoms with Crippen LogP contribution in [0.2, 0.25) is 0 Å². The van der Waals surface area contributed by atoms with Gasteiger partial charge in [0.2, 0.25) is 0 Å². The van der Waals surface area contributed by atoms with Crippen LogP contribution >= 0.6 is 0 Å². The Bertz CT molecular complexity index is 1700. The van der Waals surface area contributed by atoms with Crippen LogP contribution in [-0.4, -0.2) is 48.3 Å². The normalized spacial score (nSPS) is 11.0. The molecule has 1 amide bonds. The molecule has 5 aromatic rings. The van der Waals surface area contributed by atoms with Gasteiger partial charge in [0.25, 0.3) is 11.7 Å². The molecule has 0 radical (unpaired) electrons. The van der Waals surface area contributed by atoms with Crippen molar-refractivity contribution in [1.29, 1.82) is 0 Å². The minimum absolute atomic E-state index is 0.353. The number of pyridine rings is 2. The lowest BCUT2D eigenvalue weighted by molar-refractivity contribution is -0.112. The number of ketones is 1. The van der Waals surface area contributed by atoms with Crippen LogP contribution in [-0.2, 0) is 4.79 Å². The lowest BCUT2D eigenvalue weighted by Crippen LogP contribution is -2.26. The number of anilines is 3. The van der Waals surface area contributed by atoms with E-state index in [1.54, 1.807) is 4.40 Å². The standard InChI is InChI=1S/C35H37N5O2/c1-24-16-19-40-30(21-24)23-31(27-10-7-6-8-11-27)33(40)34(41)35(42)37-28-12-14-29(15-13-28)38(4)17-9-18-39(5)32-22-25(2)20-26(3)36-32/h6-8,10-16,19-23H,9,17-18H2,1-5H3,(H,37,42). The Morgan fingerprint density at radius 3 is 2.24 bits per heavy atom. The van der Waals surface area contributed by atoms with Crippen LogP contribution in [0.15, 0.2) is 91.1 Å². The van der Waals surface area contributed by atoms with Crippen LogP contribution < -0.4 is 15.1 Å². The van der Waals surface area contributed by atoms with Crippen LogP contribution in [0.5, 0.6) is 0 Å². The second-order valence-corrected chi connectivity index (χ2v) is 10.9. The van der Waals surface area contributed by atoms with Gasteiger partial charge in [-0.3, -0.25) is 9.59 Å². The Labute approximate surface area is 247 Å². The molecule has 3 aromatic heterocycles. The number of benzene rings is 2. The fourth-order valence-electron chi connectivity index (χ4n) is 5.26. The van der Waals surface area contributed by atoms with Crippen molar-refractivity contribution in [2.45, 2.75) is 27.2 Å². The molecule has 0 aliphatic heterocycles. The quantitative estimate of drug-likeness (QED) is 0.152. The second kappa shape index (κ2) is 12.3. The molecule has 7 heteroatoms. The number of rotatable bonds is 10. The van der Waals surface area contributed by atoms with Gasteiger partial charge in [0.15, 0.2) is 0 Å². The molecule has 1 N–H and O–H groups in total. The van der Waals surface area contributed by atoms with E-state index in [1.807, 2.05) is 92.8 Å². The molecular weight excluding hydrogens is 522 g/mol. The van der Waals surface area contributed by atoms with Crippen LogP contribution in [0.3, 0.4) is 0 Å². The Morgan fingerprint density at radius 1 is 0.810 bits per heavy atom. The van der Waals surface area contributed by atoms with E-state index in [-0.39, 0.29) is 0 Å². The van der Waals surface area contributed by atoms with Gasteiger partial charge in [-0.1, -0.05) is 30.3 Å². The van der Waals surface area contributed by atoms with Crippen molar-refractivity contribution in [3.05, 3.63) is 114 Å². The van der Waals surface area contributed by atoms with E-state index >= 15 is 0 Å². The van der Waals surface area contributed by atoms with Gasteiger partial charge in [-0.15, -0.1) is 0 Å². The summed E-state index contributed by atoms with van der Waals surface area (Å²) in [6.07, 6.45) is 2.81. The van der Waals surface area contributed by atoms with Gasteiger partial charge in [0.1, 0.15) is 11.5 Å². The third-order valence-corrected chi connectivity index (χ3v) is 7.46. The zero-order valence-electron chi connectivity index (χ0n) is 24.9. The third-order valence-electron chi connectivity index (χ3n) is 7.46. The van der Waals surface area contributed by atoms with E-state index < -0.39 is 11.7 Å². The molecule has 7 nitrogen and oxygen atoms in total. The Kier molecular flexibility index (Phi) is 8.38. The number of carbonyl (C=O) groups excluding carboxylic acids is 2. The number of nitrogens with one attached hydrogen (secondary N) is 1. The molecule has 0 atom stereocenters. The van der Waals surface area contributed by atoms with Crippen molar-refractivity contribution < 1.29 is 9.59 Å². The first-order valence-electron chi connectivity index (χ1n) is 14.2. The molecule has 5 rings (SSSR count). The van der Waals surface area contributed by atoms with Crippen molar-refractivity contribution in [2.24, 2.45) is 0 Å². The summed E-state index contributed by atoms with van der Waals surface area (Å²) < 4.78 is 1.79. The van der Waals surface area contributed by atoms with Crippen molar-refractivity contribution in [1.82, 2.24) is 9.38 Å². The molecule has 0 spiro atoms. The van der Waals surface area contributed by atoms with E-state index in [4.69, 9.17) is 0 Å². The molecule has 2 aromatic carbocycles. The highest BCUT2D eigenvalue weighted by atomic mass is 16.2. The first-order chi connectivity index (χ1) is 20.2. The number of hydrogen-bond acceptors (Lipinski definition) is 5. The van der Waals surface area contributed by atoms with E-state index in [9.17, 15) is 9.59 Å². The monoisotopic (exact) mass is 559 g/mol. The van der Waals surface area contributed by atoms with Gasteiger partial charge >= 0.3 is 0 Å².